The SMILES string of the molecule is Cc1cccc(NC(=O)CSc2nnc(-c3ccccc3)c(=O)[nH]2)c1. The molecular formula is C18H16N4O2S. The fourth-order valence-corrected chi connectivity index (χ4v) is 2.83. The summed E-state index contributed by atoms with van der Waals surface area (Å²) < 4.78 is 0. The summed E-state index contributed by atoms with van der Waals surface area (Å²) in [5.41, 5.74) is 2.43. The van der Waals surface area contributed by atoms with Crippen molar-refractivity contribution in [2.75, 3.05) is 11.1 Å². The molecule has 7 heteroatoms. The normalized spacial score (nSPS) is 10.4. The number of hydrogen-bond acceptors (Lipinski definition) is 5. The van der Waals surface area contributed by atoms with Crippen LogP contribution in [0, 0.1) is 6.92 Å². The number of H-pyrrole nitrogens is 1. The van der Waals surface area contributed by atoms with E-state index in [1.807, 2.05) is 49.4 Å². The Morgan fingerprint density at radius 2 is 1.92 bits per heavy atom. The quantitative estimate of drug-likeness (QED) is 0.690. The van der Waals surface area contributed by atoms with Gasteiger partial charge in [0.05, 0.1) is 5.75 Å². The number of carbonyl (C=O) groups excluding carboxylic acids is 1. The highest BCUT2D eigenvalue weighted by Gasteiger charge is 2.09. The van der Waals surface area contributed by atoms with Crippen LogP contribution in [0.2, 0.25) is 0 Å². The zero-order chi connectivity index (χ0) is 17.6. The van der Waals surface area contributed by atoms with Crippen molar-refractivity contribution in [2.24, 2.45) is 0 Å². The van der Waals surface area contributed by atoms with Gasteiger partial charge in [0, 0.05) is 11.3 Å². The van der Waals surface area contributed by atoms with Crippen LogP contribution in [0.4, 0.5) is 5.69 Å². The van der Waals surface area contributed by atoms with Gasteiger partial charge in [-0.2, -0.15) is 0 Å². The van der Waals surface area contributed by atoms with Gasteiger partial charge < -0.3 is 5.32 Å². The lowest BCUT2D eigenvalue weighted by atomic mass is 10.2. The van der Waals surface area contributed by atoms with Crippen molar-refractivity contribution in [3.05, 3.63) is 70.5 Å². The van der Waals surface area contributed by atoms with Crippen molar-refractivity contribution in [1.29, 1.82) is 0 Å². The van der Waals surface area contributed by atoms with Crippen LogP contribution in [0.15, 0.2) is 64.5 Å². The van der Waals surface area contributed by atoms with E-state index >= 15 is 0 Å². The molecule has 0 aliphatic heterocycles. The van der Waals surface area contributed by atoms with Crippen molar-refractivity contribution in [3.8, 4) is 11.3 Å². The first kappa shape index (κ1) is 16.9. The molecule has 1 amide bonds. The van der Waals surface area contributed by atoms with E-state index in [1.54, 1.807) is 12.1 Å². The topological polar surface area (TPSA) is 87.7 Å². The maximum Gasteiger partial charge on any atom is 0.278 e. The van der Waals surface area contributed by atoms with E-state index in [0.717, 1.165) is 23.0 Å². The number of nitrogens with one attached hydrogen (secondary N) is 2. The molecule has 25 heavy (non-hydrogen) atoms. The third-order valence-electron chi connectivity index (χ3n) is 3.37. The van der Waals surface area contributed by atoms with E-state index in [0.29, 0.717) is 10.7 Å². The van der Waals surface area contributed by atoms with Gasteiger partial charge in [0.25, 0.3) is 5.56 Å². The summed E-state index contributed by atoms with van der Waals surface area (Å²) >= 11 is 1.13. The molecule has 126 valence electrons. The van der Waals surface area contributed by atoms with E-state index in [1.165, 1.54) is 0 Å². The standard InChI is InChI=1S/C18H16N4O2S/c1-12-6-5-9-14(10-12)19-15(23)11-25-18-20-17(24)16(21-22-18)13-7-3-2-4-8-13/h2-10H,11H2,1H3,(H,19,23)(H,20,22,24). The molecule has 3 aromatic rings. The van der Waals surface area contributed by atoms with Crippen molar-refractivity contribution in [1.82, 2.24) is 15.2 Å². The molecule has 0 spiro atoms. The van der Waals surface area contributed by atoms with E-state index in [4.69, 9.17) is 0 Å². The minimum Gasteiger partial charge on any atom is -0.325 e. The number of carbonyl (C=O) groups is 1. The molecule has 6 nitrogen and oxygen atoms in total. The summed E-state index contributed by atoms with van der Waals surface area (Å²) in [7, 11) is 0. The highest BCUT2D eigenvalue weighted by Crippen LogP contribution is 2.15. The van der Waals surface area contributed by atoms with Crippen molar-refractivity contribution >= 4 is 23.4 Å². The molecule has 0 fully saturated rings. The molecule has 0 bridgehead atoms. The second kappa shape index (κ2) is 7.76. The van der Waals surface area contributed by atoms with Gasteiger partial charge in [-0.3, -0.25) is 14.6 Å². The Labute approximate surface area is 148 Å². The number of anilines is 1. The van der Waals surface area contributed by atoms with Crippen LogP contribution >= 0.6 is 11.8 Å². The summed E-state index contributed by atoms with van der Waals surface area (Å²) in [6.07, 6.45) is 0. The lowest BCUT2D eigenvalue weighted by Crippen LogP contribution is -2.17. The number of thioether (sulfide) groups is 1. The molecule has 0 saturated carbocycles. The maximum absolute atomic E-state index is 12.1. The molecule has 2 N–H and O–H groups in total. The molecule has 1 heterocycles. The summed E-state index contributed by atoms with van der Waals surface area (Å²) in [6.45, 7) is 1.96. The minimum absolute atomic E-state index is 0.128. The van der Waals surface area contributed by atoms with Crippen LogP contribution in [-0.2, 0) is 4.79 Å². The first-order chi connectivity index (χ1) is 12.1. The number of benzene rings is 2. The van der Waals surface area contributed by atoms with Crippen molar-refractivity contribution < 1.29 is 4.79 Å². The van der Waals surface area contributed by atoms with Gasteiger partial charge in [-0.1, -0.05) is 54.2 Å². The Hall–Kier alpha value is -2.93. The first-order valence-corrected chi connectivity index (χ1v) is 8.62. The van der Waals surface area contributed by atoms with Gasteiger partial charge in [0.1, 0.15) is 0 Å². The molecule has 0 radical (unpaired) electrons. The summed E-state index contributed by atoms with van der Waals surface area (Å²) in [5, 5.41) is 11.1. The second-order valence-corrected chi connectivity index (χ2v) is 6.34. The Kier molecular flexibility index (Phi) is 5.25. The number of amides is 1. The smallest absolute Gasteiger partial charge is 0.278 e. The maximum atomic E-state index is 12.1. The fourth-order valence-electron chi connectivity index (χ4n) is 2.23. The number of hydrogen-bond donors (Lipinski definition) is 2. The largest absolute Gasteiger partial charge is 0.325 e. The highest BCUT2D eigenvalue weighted by atomic mass is 32.2. The van der Waals surface area contributed by atoms with Gasteiger partial charge in [0.15, 0.2) is 10.9 Å². The van der Waals surface area contributed by atoms with Crippen molar-refractivity contribution in [3.63, 3.8) is 0 Å². The zero-order valence-electron chi connectivity index (χ0n) is 13.5. The first-order valence-electron chi connectivity index (χ1n) is 7.63. The molecule has 3 rings (SSSR count). The van der Waals surface area contributed by atoms with Crippen LogP contribution in [0.25, 0.3) is 11.3 Å². The average molecular weight is 352 g/mol. The Morgan fingerprint density at radius 1 is 1.12 bits per heavy atom. The number of nitrogens with zero attached hydrogens (tertiary/aromatic N) is 2. The highest BCUT2D eigenvalue weighted by molar-refractivity contribution is 7.99. The minimum atomic E-state index is -0.331. The van der Waals surface area contributed by atoms with Crippen LogP contribution in [0.1, 0.15) is 5.56 Å². The molecular weight excluding hydrogens is 336 g/mol. The number of aryl methyl sites for hydroxylation is 1. The Morgan fingerprint density at radius 3 is 2.64 bits per heavy atom. The third-order valence-corrected chi connectivity index (χ3v) is 4.23. The van der Waals surface area contributed by atoms with Gasteiger partial charge in [-0.15, -0.1) is 10.2 Å². The van der Waals surface area contributed by atoms with E-state index in [2.05, 4.69) is 20.5 Å². The molecule has 0 atom stereocenters. The average Bonchev–Trinajstić information content (AvgIpc) is 2.61. The lowest BCUT2D eigenvalue weighted by molar-refractivity contribution is -0.113. The molecule has 0 aliphatic carbocycles. The van der Waals surface area contributed by atoms with Crippen molar-refractivity contribution in [2.45, 2.75) is 12.1 Å². The summed E-state index contributed by atoms with van der Waals surface area (Å²) in [4.78, 5) is 26.8. The Bertz CT molecular complexity index is 941. The van der Waals surface area contributed by atoms with Crippen LogP contribution < -0.4 is 10.9 Å². The van der Waals surface area contributed by atoms with Crippen LogP contribution in [-0.4, -0.2) is 26.8 Å². The monoisotopic (exact) mass is 352 g/mol. The fraction of sp³-hybridized carbons (Fsp3) is 0.111. The molecule has 2 aromatic carbocycles. The predicted molar refractivity (Wildman–Crippen MR) is 98.6 cm³/mol. The predicted octanol–water partition coefficient (Wildman–Crippen LogP) is 2.87. The van der Waals surface area contributed by atoms with Gasteiger partial charge in [-0.05, 0) is 24.6 Å². The second-order valence-electron chi connectivity index (χ2n) is 5.38. The van der Waals surface area contributed by atoms with Crippen LogP contribution in [0.5, 0.6) is 0 Å². The molecule has 0 saturated heterocycles. The molecule has 1 aromatic heterocycles. The molecule has 0 aliphatic rings. The third kappa shape index (κ3) is 4.54. The van der Waals surface area contributed by atoms with E-state index < -0.39 is 0 Å². The zero-order valence-corrected chi connectivity index (χ0v) is 14.3. The summed E-state index contributed by atoms with van der Waals surface area (Å²) in [5.74, 6) is -0.0473. The number of aromatic amines is 1. The van der Waals surface area contributed by atoms with Gasteiger partial charge in [0.2, 0.25) is 5.91 Å². The Balaban J connectivity index is 1.63. The summed E-state index contributed by atoms with van der Waals surface area (Å²) in [6, 6.07) is 16.7. The van der Waals surface area contributed by atoms with E-state index in [-0.39, 0.29) is 22.9 Å². The van der Waals surface area contributed by atoms with E-state index in [9.17, 15) is 9.59 Å². The number of rotatable bonds is 5. The molecule has 0 unspecified atom stereocenters. The van der Waals surface area contributed by atoms with Gasteiger partial charge in [-0.25, -0.2) is 0 Å². The van der Waals surface area contributed by atoms with Gasteiger partial charge >= 0.3 is 0 Å². The van der Waals surface area contributed by atoms with Crippen LogP contribution in [0.3, 0.4) is 0 Å². The lowest BCUT2D eigenvalue weighted by Gasteiger charge is -2.05. The number of aromatic nitrogens is 3.